The molecule has 2 aromatic rings. The number of carbonyl (C=O) groups excluding carboxylic acids is 2. The number of hydrogen-bond donors (Lipinski definition) is 1. The fraction of sp³-hybridized carbons (Fsp3) is 0.300. The molecule has 0 aliphatic carbocycles. The fourth-order valence-electron chi connectivity index (χ4n) is 2.42. The maximum Gasteiger partial charge on any atom is 0.243 e. The minimum atomic E-state index is -0.344. The van der Waals surface area contributed by atoms with Gasteiger partial charge in [-0.3, -0.25) is 9.59 Å². The minimum absolute atomic E-state index is 0.0343. The van der Waals surface area contributed by atoms with E-state index in [9.17, 15) is 14.0 Å². The van der Waals surface area contributed by atoms with Crippen LogP contribution in [0.3, 0.4) is 0 Å². The van der Waals surface area contributed by atoms with E-state index < -0.39 is 0 Å². The summed E-state index contributed by atoms with van der Waals surface area (Å²) in [7, 11) is 1.57. The molecular weight excluding hydrogens is 335 g/mol. The summed E-state index contributed by atoms with van der Waals surface area (Å²) in [4.78, 5) is 25.6. The number of rotatable bonds is 8. The number of likely N-dealkylation sites (N-methyl/N-ethyl adjacent to an activating group) is 1. The van der Waals surface area contributed by atoms with E-state index in [4.69, 9.17) is 4.74 Å². The monoisotopic (exact) mass is 358 g/mol. The summed E-state index contributed by atoms with van der Waals surface area (Å²) in [6.07, 6.45) is 0.943. The number of amides is 2. The number of nitrogens with one attached hydrogen (secondary N) is 1. The van der Waals surface area contributed by atoms with Gasteiger partial charge in [0.15, 0.2) is 0 Å². The average molecular weight is 358 g/mol. The predicted octanol–water partition coefficient (Wildman–Crippen LogP) is 3.25. The van der Waals surface area contributed by atoms with Crippen molar-refractivity contribution in [3.63, 3.8) is 0 Å². The molecule has 0 saturated heterocycles. The van der Waals surface area contributed by atoms with Gasteiger partial charge in [0.25, 0.3) is 0 Å². The SMILES string of the molecule is CCc1ccccc1NC(=O)CN(C)C(=O)CCOc1ccc(F)cc1. The molecule has 0 atom stereocenters. The first-order chi connectivity index (χ1) is 12.5. The van der Waals surface area contributed by atoms with E-state index in [1.807, 2.05) is 31.2 Å². The summed E-state index contributed by atoms with van der Waals surface area (Å²) in [6, 6.07) is 13.2. The number of ether oxygens (including phenoxy) is 1. The smallest absolute Gasteiger partial charge is 0.243 e. The van der Waals surface area contributed by atoms with Crippen molar-refractivity contribution in [2.45, 2.75) is 19.8 Å². The Labute approximate surface area is 152 Å². The van der Waals surface area contributed by atoms with Crippen molar-refractivity contribution >= 4 is 17.5 Å². The molecule has 138 valence electrons. The van der Waals surface area contributed by atoms with Crippen LogP contribution in [0.15, 0.2) is 48.5 Å². The third kappa shape index (κ3) is 5.88. The summed E-state index contributed by atoms with van der Waals surface area (Å²) in [5.74, 6) is -0.299. The zero-order valence-corrected chi connectivity index (χ0v) is 15.0. The second-order valence-corrected chi connectivity index (χ2v) is 5.86. The molecule has 0 saturated carbocycles. The van der Waals surface area contributed by atoms with Crippen LogP contribution in [0, 0.1) is 5.82 Å². The Morgan fingerprint density at radius 1 is 1.12 bits per heavy atom. The van der Waals surface area contributed by atoms with Gasteiger partial charge < -0.3 is 15.0 Å². The number of para-hydroxylation sites is 1. The van der Waals surface area contributed by atoms with Crippen molar-refractivity contribution < 1.29 is 18.7 Å². The highest BCUT2D eigenvalue weighted by atomic mass is 19.1. The fourth-order valence-corrected chi connectivity index (χ4v) is 2.42. The molecule has 6 heteroatoms. The van der Waals surface area contributed by atoms with E-state index in [-0.39, 0.29) is 37.2 Å². The first kappa shape index (κ1) is 19.4. The number of halogens is 1. The summed E-state index contributed by atoms with van der Waals surface area (Å²) in [6.45, 7) is 2.14. The summed E-state index contributed by atoms with van der Waals surface area (Å²) in [5, 5.41) is 2.83. The Hall–Kier alpha value is -2.89. The number of carbonyl (C=O) groups is 2. The van der Waals surface area contributed by atoms with Crippen LogP contribution in [0.5, 0.6) is 5.75 Å². The number of aryl methyl sites for hydroxylation is 1. The minimum Gasteiger partial charge on any atom is -0.493 e. The lowest BCUT2D eigenvalue weighted by Crippen LogP contribution is -2.35. The van der Waals surface area contributed by atoms with Crippen LogP contribution in [0.1, 0.15) is 18.9 Å². The van der Waals surface area contributed by atoms with Gasteiger partial charge in [0.05, 0.1) is 19.6 Å². The third-order valence-corrected chi connectivity index (χ3v) is 3.88. The molecular formula is C20H23FN2O3. The molecule has 0 bridgehead atoms. The maximum absolute atomic E-state index is 12.8. The zero-order valence-electron chi connectivity index (χ0n) is 15.0. The summed E-state index contributed by atoms with van der Waals surface area (Å²) in [5.41, 5.74) is 1.81. The van der Waals surface area contributed by atoms with Gasteiger partial charge in [0.1, 0.15) is 11.6 Å². The highest BCUT2D eigenvalue weighted by molar-refractivity contribution is 5.95. The van der Waals surface area contributed by atoms with Crippen molar-refractivity contribution in [2.24, 2.45) is 0 Å². The van der Waals surface area contributed by atoms with Gasteiger partial charge in [-0.1, -0.05) is 25.1 Å². The lowest BCUT2D eigenvalue weighted by molar-refractivity contribution is -0.133. The predicted molar refractivity (Wildman–Crippen MR) is 98.6 cm³/mol. The molecule has 0 aliphatic rings. The van der Waals surface area contributed by atoms with Gasteiger partial charge in [-0.25, -0.2) is 4.39 Å². The normalized spacial score (nSPS) is 10.3. The highest BCUT2D eigenvalue weighted by Gasteiger charge is 2.14. The topological polar surface area (TPSA) is 58.6 Å². The number of anilines is 1. The quantitative estimate of drug-likeness (QED) is 0.788. The van der Waals surface area contributed by atoms with Gasteiger partial charge in [-0.2, -0.15) is 0 Å². The highest BCUT2D eigenvalue weighted by Crippen LogP contribution is 2.15. The molecule has 5 nitrogen and oxygen atoms in total. The van der Waals surface area contributed by atoms with Crippen molar-refractivity contribution in [3.05, 3.63) is 59.9 Å². The largest absolute Gasteiger partial charge is 0.493 e. The van der Waals surface area contributed by atoms with Crippen LogP contribution >= 0.6 is 0 Å². The molecule has 0 radical (unpaired) electrons. The maximum atomic E-state index is 12.8. The Kier molecular flexibility index (Phi) is 7.14. The van der Waals surface area contributed by atoms with E-state index >= 15 is 0 Å². The number of benzene rings is 2. The van der Waals surface area contributed by atoms with Crippen molar-refractivity contribution in [2.75, 3.05) is 25.5 Å². The van der Waals surface area contributed by atoms with Gasteiger partial charge in [0.2, 0.25) is 11.8 Å². The lowest BCUT2D eigenvalue weighted by atomic mass is 10.1. The van der Waals surface area contributed by atoms with Crippen LogP contribution in [0.4, 0.5) is 10.1 Å². The molecule has 26 heavy (non-hydrogen) atoms. The lowest BCUT2D eigenvalue weighted by Gasteiger charge is -2.18. The molecule has 1 N–H and O–H groups in total. The molecule has 0 unspecified atom stereocenters. The van der Waals surface area contributed by atoms with Crippen LogP contribution in [-0.2, 0) is 16.0 Å². The number of hydrogen-bond acceptors (Lipinski definition) is 3. The first-order valence-electron chi connectivity index (χ1n) is 8.49. The molecule has 2 amide bonds. The van der Waals surface area contributed by atoms with E-state index in [1.54, 1.807) is 7.05 Å². The van der Waals surface area contributed by atoms with Crippen LogP contribution in [-0.4, -0.2) is 36.9 Å². The second kappa shape index (κ2) is 9.56. The van der Waals surface area contributed by atoms with Gasteiger partial charge >= 0.3 is 0 Å². The average Bonchev–Trinajstić information content (AvgIpc) is 2.63. The first-order valence-corrected chi connectivity index (χ1v) is 8.49. The molecule has 0 fully saturated rings. The van der Waals surface area contributed by atoms with E-state index in [0.29, 0.717) is 5.75 Å². The molecule has 2 rings (SSSR count). The van der Waals surface area contributed by atoms with Crippen LogP contribution < -0.4 is 10.1 Å². The molecule has 0 spiro atoms. The standard InChI is InChI=1S/C20H23FN2O3/c1-3-15-6-4-5-7-18(15)22-19(24)14-23(2)20(25)12-13-26-17-10-8-16(21)9-11-17/h4-11H,3,12-14H2,1-2H3,(H,22,24). The molecule has 0 aromatic heterocycles. The van der Waals surface area contributed by atoms with Crippen molar-refractivity contribution in [1.82, 2.24) is 4.90 Å². The Bertz CT molecular complexity index is 747. The van der Waals surface area contributed by atoms with Gasteiger partial charge in [-0.15, -0.1) is 0 Å². The number of nitrogens with zero attached hydrogens (tertiary/aromatic N) is 1. The Balaban J connectivity index is 1.77. The van der Waals surface area contributed by atoms with Crippen molar-refractivity contribution in [1.29, 1.82) is 0 Å². The van der Waals surface area contributed by atoms with E-state index in [1.165, 1.54) is 29.2 Å². The Morgan fingerprint density at radius 3 is 2.50 bits per heavy atom. The summed E-state index contributed by atoms with van der Waals surface area (Å²) >= 11 is 0. The van der Waals surface area contributed by atoms with E-state index in [2.05, 4.69) is 5.32 Å². The van der Waals surface area contributed by atoms with Gasteiger partial charge in [-0.05, 0) is 42.3 Å². The van der Waals surface area contributed by atoms with Gasteiger partial charge in [0, 0.05) is 12.7 Å². The van der Waals surface area contributed by atoms with Crippen LogP contribution in [0.25, 0.3) is 0 Å². The molecule has 0 heterocycles. The Morgan fingerprint density at radius 2 is 1.81 bits per heavy atom. The summed E-state index contributed by atoms with van der Waals surface area (Å²) < 4.78 is 18.2. The van der Waals surface area contributed by atoms with E-state index in [0.717, 1.165) is 17.7 Å². The van der Waals surface area contributed by atoms with Crippen molar-refractivity contribution in [3.8, 4) is 5.75 Å². The molecule has 0 aliphatic heterocycles. The zero-order chi connectivity index (χ0) is 18.9. The second-order valence-electron chi connectivity index (χ2n) is 5.86. The van der Waals surface area contributed by atoms with Crippen LogP contribution in [0.2, 0.25) is 0 Å². The third-order valence-electron chi connectivity index (χ3n) is 3.88. The molecule has 2 aromatic carbocycles.